The molecule has 0 aromatic carbocycles. The van der Waals surface area contributed by atoms with Gasteiger partial charge in [-0.1, -0.05) is 38.8 Å². The minimum Gasteiger partial charge on any atom is -0.379 e. The molecule has 5 heteroatoms. The van der Waals surface area contributed by atoms with Crippen LogP contribution in [-0.2, 0) is 9.53 Å². The quantitative estimate of drug-likeness (QED) is 0.598. The third-order valence-corrected chi connectivity index (χ3v) is 8.38. The number of piperidine rings is 1. The fraction of sp³-hybridized carbons (Fsp3) is 0.741. The Labute approximate surface area is 195 Å². The van der Waals surface area contributed by atoms with Crippen molar-refractivity contribution in [1.82, 2.24) is 14.7 Å². The normalized spacial score (nSPS) is 26.7. The molecule has 4 rings (SSSR count). The first-order chi connectivity index (χ1) is 15.4. The van der Waals surface area contributed by atoms with E-state index in [-0.39, 0.29) is 11.3 Å². The Balaban J connectivity index is 1.45. The molecule has 1 aliphatic carbocycles. The van der Waals surface area contributed by atoms with E-state index in [9.17, 15) is 4.79 Å². The first-order valence-corrected chi connectivity index (χ1v) is 12.8. The molecule has 0 N–H and O–H groups in total. The van der Waals surface area contributed by atoms with Gasteiger partial charge in [-0.3, -0.25) is 9.69 Å². The van der Waals surface area contributed by atoms with E-state index in [1.165, 1.54) is 42.5 Å². The zero-order chi connectivity index (χ0) is 22.7. The standard InChI is InChI=1S/C27H43N3O2/c1-5-24(28-12-10-25(11-13-28)29-14-16-32-17-15-29)18-23-19-30(20-27(3,4)21(23)2)26(31)22-8-6-7-9-22/h5,18,22,25H,1,6-17,19-20H2,2-4H3/b24-18+. The van der Waals surface area contributed by atoms with Crippen LogP contribution in [0.2, 0.25) is 0 Å². The topological polar surface area (TPSA) is 36.0 Å². The van der Waals surface area contributed by atoms with Crippen molar-refractivity contribution in [2.75, 3.05) is 52.5 Å². The third-order valence-electron chi connectivity index (χ3n) is 8.38. The number of amides is 1. The molecular formula is C27H43N3O2. The Morgan fingerprint density at radius 3 is 2.31 bits per heavy atom. The number of allylic oxidation sites excluding steroid dienone is 1. The molecule has 0 spiro atoms. The number of hydrogen-bond donors (Lipinski definition) is 0. The van der Waals surface area contributed by atoms with Gasteiger partial charge in [0, 0.05) is 62.3 Å². The second-order valence-electron chi connectivity index (χ2n) is 10.8. The van der Waals surface area contributed by atoms with E-state index < -0.39 is 0 Å². The van der Waals surface area contributed by atoms with Crippen molar-refractivity contribution in [3.8, 4) is 0 Å². The minimum absolute atomic E-state index is 0.00789. The second-order valence-corrected chi connectivity index (χ2v) is 10.8. The lowest BCUT2D eigenvalue weighted by molar-refractivity contribution is -0.136. The Bertz CT molecular complexity index is 749. The van der Waals surface area contributed by atoms with Gasteiger partial charge < -0.3 is 14.5 Å². The smallest absolute Gasteiger partial charge is 0.226 e. The van der Waals surface area contributed by atoms with Gasteiger partial charge in [0.15, 0.2) is 0 Å². The van der Waals surface area contributed by atoms with Gasteiger partial charge in [0.25, 0.3) is 0 Å². The molecule has 0 radical (unpaired) electrons. The molecule has 3 heterocycles. The number of carbonyl (C=O) groups excluding carboxylic acids is 1. The molecule has 0 aromatic rings. The van der Waals surface area contributed by atoms with E-state index in [1.807, 2.05) is 6.08 Å². The lowest BCUT2D eigenvalue weighted by Gasteiger charge is -2.42. The molecule has 1 amide bonds. The Kier molecular flexibility index (Phi) is 7.46. The highest BCUT2D eigenvalue weighted by Gasteiger charge is 2.36. The lowest BCUT2D eigenvalue weighted by atomic mass is 9.78. The van der Waals surface area contributed by atoms with Crippen molar-refractivity contribution >= 4 is 5.91 Å². The summed E-state index contributed by atoms with van der Waals surface area (Å²) >= 11 is 0. The van der Waals surface area contributed by atoms with Crippen LogP contribution in [-0.4, -0.2) is 79.1 Å². The Morgan fingerprint density at radius 1 is 1.03 bits per heavy atom. The van der Waals surface area contributed by atoms with E-state index in [0.717, 1.165) is 65.3 Å². The van der Waals surface area contributed by atoms with Crippen LogP contribution in [0, 0.1) is 11.3 Å². The minimum atomic E-state index is 0.00789. The lowest BCUT2D eigenvalue weighted by Crippen LogP contribution is -2.48. The van der Waals surface area contributed by atoms with Crippen LogP contribution in [0.15, 0.2) is 35.6 Å². The second kappa shape index (κ2) is 10.1. The predicted molar refractivity (Wildman–Crippen MR) is 130 cm³/mol. The first-order valence-electron chi connectivity index (χ1n) is 12.8. The average molecular weight is 442 g/mol. The van der Waals surface area contributed by atoms with Gasteiger partial charge in [-0.15, -0.1) is 0 Å². The number of hydrogen-bond acceptors (Lipinski definition) is 4. The largest absolute Gasteiger partial charge is 0.379 e. The van der Waals surface area contributed by atoms with Crippen molar-refractivity contribution in [2.45, 2.75) is 65.3 Å². The van der Waals surface area contributed by atoms with Gasteiger partial charge >= 0.3 is 0 Å². The molecule has 178 valence electrons. The molecule has 0 unspecified atom stereocenters. The van der Waals surface area contributed by atoms with E-state index in [1.54, 1.807) is 0 Å². The zero-order valence-corrected chi connectivity index (χ0v) is 20.6. The number of rotatable bonds is 5. The van der Waals surface area contributed by atoms with Crippen LogP contribution in [0.4, 0.5) is 0 Å². The molecule has 4 aliphatic rings. The van der Waals surface area contributed by atoms with Gasteiger partial charge in [0.2, 0.25) is 5.91 Å². The maximum atomic E-state index is 13.2. The van der Waals surface area contributed by atoms with Gasteiger partial charge in [0.05, 0.1) is 13.2 Å². The number of likely N-dealkylation sites (tertiary alicyclic amines) is 1. The van der Waals surface area contributed by atoms with Gasteiger partial charge in [-0.25, -0.2) is 0 Å². The van der Waals surface area contributed by atoms with Crippen LogP contribution in [0.5, 0.6) is 0 Å². The van der Waals surface area contributed by atoms with Crippen molar-refractivity contribution in [3.05, 3.63) is 35.6 Å². The highest BCUT2D eigenvalue weighted by atomic mass is 16.5. The molecular weight excluding hydrogens is 398 g/mol. The van der Waals surface area contributed by atoms with Crippen molar-refractivity contribution in [2.24, 2.45) is 11.3 Å². The van der Waals surface area contributed by atoms with E-state index >= 15 is 0 Å². The summed E-state index contributed by atoms with van der Waals surface area (Å²) in [7, 11) is 0. The summed E-state index contributed by atoms with van der Waals surface area (Å²) in [6.45, 7) is 18.6. The molecule has 2 saturated heterocycles. The predicted octanol–water partition coefficient (Wildman–Crippen LogP) is 4.23. The fourth-order valence-corrected chi connectivity index (χ4v) is 6.04. The Hall–Kier alpha value is -1.59. The van der Waals surface area contributed by atoms with Crippen molar-refractivity contribution < 1.29 is 9.53 Å². The van der Waals surface area contributed by atoms with Crippen molar-refractivity contribution in [1.29, 1.82) is 0 Å². The monoisotopic (exact) mass is 441 g/mol. The van der Waals surface area contributed by atoms with Crippen LogP contribution >= 0.6 is 0 Å². The molecule has 0 atom stereocenters. The van der Waals surface area contributed by atoms with Gasteiger partial charge in [-0.2, -0.15) is 0 Å². The maximum Gasteiger partial charge on any atom is 0.226 e. The molecule has 5 nitrogen and oxygen atoms in total. The van der Waals surface area contributed by atoms with Crippen LogP contribution in [0.25, 0.3) is 0 Å². The molecule has 0 aromatic heterocycles. The number of ether oxygens (including phenoxy) is 1. The van der Waals surface area contributed by atoms with Crippen LogP contribution < -0.4 is 0 Å². The van der Waals surface area contributed by atoms with E-state index in [0.29, 0.717) is 11.9 Å². The third kappa shape index (κ3) is 5.14. The van der Waals surface area contributed by atoms with Gasteiger partial charge in [0.1, 0.15) is 0 Å². The van der Waals surface area contributed by atoms with Crippen LogP contribution in [0.3, 0.4) is 0 Å². The zero-order valence-electron chi connectivity index (χ0n) is 20.6. The number of nitrogens with zero attached hydrogens (tertiary/aromatic N) is 3. The molecule has 32 heavy (non-hydrogen) atoms. The summed E-state index contributed by atoms with van der Waals surface area (Å²) in [5, 5.41) is 0. The number of morpholine rings is 1. The number of carbonyl (C=O) groups is 1. The summed E-state index contributed by atoms with van der Waals surface area (Å²) in [5.74, 6) is 0.618. The summed E-state index contributed by atoms with van der Waals surface area (Å²) in [6.07, 6.45) is 11.3. The molecule has 1 saturated carbocycles. The van der Waals surface area contributed by atoms with Crippen molar-refractivity contribution in [3.63, 3.8) is 0 Å². The summed E-state index contributed by atoms with van der Waals surface area (Å²) in [5.41, 5.74) is 3.94. The van der Waals surface area contributed by atoms with E-state index in [4.69, 9.17) is 4.74 Å². The fourth-order valence-electron chi connectivity index (χ4n) is 6.04. The highest BCUT2D eigenvalue weighted by molar-refractivity contribution is 5.80. The average Bonchev–Trinajstić information content (AvgIpc) is 3.35. The van der Waals surface area contributed by atoms with E-state index in [2.05, 4.69) is 48.1 Å². The first kappa shape index (κ1) is 23.6. The molecule has 0 bridgehead atoms. The Morgan fingerprint density at radius 2 is 1.69 bits per heavy atom. The molecule has 3 fully saturated rings. The van der Waals surface area contributed by atoms with Gasteiger partial charge in [-0.05, 0) is 50.3 Å². The summed E-state index contributed by atoms with van der Waals surface area (Å²) < 4.78 is 5.53. The van der Waals surface area contributed by atoms with Crippen LogP contribution in [0.1, 0.15) is 59.3 Å². The highest BCUT2D eigenvalue weighted by Crippen LogP contribution is 2.37. The maximum absolute atomic E-state index is 13.2. The summed E-state index contributed by atoms with van der Waals surface area (Å²) in [4.78, 5) is 20.5. The molecule has 3 aliphatic heterocycles. The SMILES string of the molecule is C=C/C(=C\C1=C(C)C(C)(C)CN(C(=O)C2CCCC2)C1)N1CCC(N2CCOCC2)CC1. The summed E-state index contributed by atoms with van der Waals surface area (Å²) in [6, 6.07) is 0.676.